The van der Waals surface area contributed by atoms with Crippen LogP contribution in [0, 0.1) is 5.92 Å². The van der Waals surface area contributed by atoms with Crippen LogP contribution in [0.4, 0.5) is 4.79 Å². The number of piperidine rings is 1. The zero-order valence-corrected chi connectivity index (χ0v) is 12.3. The maximum absolute atomic E-state index is 11.7. The van der Waals surface area contributed by atoms with Gasteiger partial charge in [-0.2, -0.15) is 0 Å². The third-order valence-corrected chi connectivity index (χ3v) is 3.53. The molecule has 2 heterocycles. The molecule has 2 aliphatic heterocycles. The van der Waals surface area contributed by atoms with Crippen LogP contribution in [0.25, 0.3) is 0 Å². The number of nitrogens with zero attached hydrogens (tertiary/aromatic N) is 1. The van der Waals surface area contributed by atoms with E-state index in [0.717, 1.165) is 19.7 Å². The lowest BCUT2D eigenvalue weighted by Gasteiger charge is -2.40. The summed E-state index contributed by atoms with van der Waals surface area (Å²) >= 11 is 0. The molecule has 2 saturated heterocycles. The molecule has 0 aromatic carbocycles. The van der Waals surface area contributed by atoms with Gasteiger partial charge in [0, 0.05) is 0 Å². The fourth-order valence-corrected chi connectivity index (χ4v) is 2.34. The number of hydrogen-bond donors (Lipinski definition) is 1. The summed E-state index contributed by atoms with van der Waals surface area (Å²) < 4.78 is 11.2. The molecule has 2 fully saturated rings. The summed E-state index contributed by atoms with van der Waals surface area (Å²) in [6, 6.07) is 0. The van der Waals surface area contributed by atoms with Gasteiger partial charge in [0.25, 0.3) is 0 Å². The van der Waals surface area contributed by atoms with E-state index < -0.39 is 5.60 Å². The molecular weight excluding hydrogens is 244 g/mol. The molecule has 0 radical (unpaired) electrons. The summed E-state index contributed by atoms with van der Waals surface area (Å²) in [6.45, 7) is 10.0. The Balaban J connectivity index is 1.59. The van der Waals surface area contributed by atoms with Gasteiger partial charge in [-0.05, 0) is 52.6 Å². The van der Waals surface area contributed by atoms with Gasteiger partial charge in [0.15, 0.2) is 0 Å². The first-order valence-electron chi connectivity index (χ1n) is 7.24. The van der Waals surface area contributed by atoms with Crippen LogP contribution in [0.1, 0.15) is 33.6 Å². The summed E-state index contributed by atoms with van der Waals surface area (Å²) in [5.41, 5.74) is -0.419. The van der Waals surface area contributed by atoms with Crippen molar-refractivity contribution in [3.05, 3.63) is 0 Å². The Kier molecular flexibility index (Phi) is 4.68. The number of carbonyl (C=O) groups is 1. The zero-order chi connectivity index (χ0) is 13.9. The smallest absolute Gasteiger partial charge is 0.410 e. The van der Waals surface area contributed by atoms with Gasteiger partial charge in [-0.25, -0.2) is 4.79 Å². The standard InChI is InChI=1S/C14H26N2O3/c1-14(2,3)19-13(17)16-8-12(9-16)18-10-11-4-6-15-7-5-11/h11-12,15H,4-10H2,1-3H3. The second kappa shape index (κ2) is 6.09. The highest BCUT2D eigenvalue weighted by Gasteiger charge is 2.34. The SMILES string of the molecule is CC(C)(C)OC(=O)N1CC(OCC2CCNCC2)C1. The van der Waals surface area contributed by atoms with E-state index in [-0.39, 0.29) is 12.2 Å². The number of carbonyl (C=O) groups excluding carboxylic acids is 1. The van der Waals surface area contributed by atoms with Crippen molar-refractivity contribution in [3.8, 4) is 0 Å². The largest absolute Gasteiger partial charge is 0.444 e. The van der Waals surface area contributed by atoms with Gasteiger partial charge in [-0.1, -0.05) is 0 Å². The van der Waals surface area contributed by atoms with Gasteiger partial charge in [0.1, 0.15) is 5.60 Å². The van der Waals surface area contributed by atoms with Crippen molar-refractivity contribution in [2.75, 3.05) is 32.8 Å². The van der Waals surface area contributed by atoms with Crippen molar-refractivity contribution in [1.29, 1.82) is 0 Å². The van der Waals surface area contributed by atoms with Crippen LogP contribution in [-0.4, -0.2) is 55.5 Å². The number of nitrogens with one attached hydrogen (secondary N) is 1. The van der Waals surface area contributed by atoms with Crippen LogP contribution in [0.15, 0.2) is 0 Å². The Bertz CT molecular complexity index is 302. The maximum Gasteiger partial charge on any atom is 0.410 e. The van der Waals surface area contributed by atoms with E-state index in [1.807, 2.05) is 20.8 Å². The zero-order valence-electron chi connectivity index (χ0n) is 12.3. The van der Waals surface area contributed by atoms with Crippen LogP contribution in [-0.2, 0) is 9.47 Å². The van der Waals surface area contributed by atoms with Crippen LogP contribution >= 0.6 is 0 Å². The van der Waals surface area contributed by atoms with Crippen molar-refractivity contribution >= 4 is 6.09 Å². The first-order chi connectivity index (χ1) is 8.94. The molecule has 110 valence electrons. The monoisotopic (exact) mass is 270 g/mol. The van der Waals surface area contributed by atoms with Crippen molar-refractivity contribution < 1.29 is 14.3 Å². The minimum Gasteiger partial charge on any atom is -0.444 e. The first kappa shape index (κ1) is 14.6. The molecule has 0 aromatic heterocycles. The minimum atomic E-state index is -0.419. The van der Waals surface area contributed by atoms with E-state index in [1.54, 1.807) is 4.90 Å². The van der Waals surface area contributed by atoms with Crippen LogP contribution in [0.2, 0.25) is 0 Å². The quantitative estimate of drug-likeness (QED) is 0.846. The third kappa shape index (κ3) is 4.66. The third-order valence-electron chi connectivity index (χ3n) is 3.53. The average molecular weight is 270 g/mol. The number of amides is 1. The van der Waals surface area contributed by atoms with Gasteiger partial charge in [-0.3, -0.25) is 0 Å². The topological polar surface area (TPSA) is 50.8 Å². The number of hydrogen-bond acceptors (Lipinski definition) is 4. The Morgan fingerprint density at radius 1 is 1.26 bits per heavy atom. The molecule has 2 aliphatic rings. The fraction of sp³-hybridized carbons (Fsp3) is 0.929. The molecule has 1 N–H and O–H groups in total. The average Bonchev–Trinajstić information content (AvgIpc) is 2.25. The summed E-state index contributed by atoms with van der Waals surface area (Å²) in [6.07, 6.45) is 2.36. The van der Waals surface area contributed by atoms with Crippen molar-refractivity contribution in [2.24, 2.45) is 5.92 Å². The maximum atomic E-state index is 11.7. The molecule has 0 aromatic rings. The van der Waals surface area contributed by atoms with Gasteiger partial charge in [0.05, 0.1) is 25.8 Å². The van der Waals surface area contributed by atoms with E-state index in [4.69, 9.17) is 9.47 Å². The molecule has 0 saturated carbocycles. The number of likely N-dealkylation sites (tertiary alicyclic amines) is 1. The predicted octanol–water partition coefficient (Wildman–Crippen LogP) is 1.62. The highest BCUT2D eigenvalue weighted by molar-refractivity contribution is 5.69. The molecule has 5 heteroatoms. The van der Waals surface area contributed by atoms with Crippen molar-refractivity contribution in [2.45, 2.75) is 45.3 Å². The molecule has 2 rings (SSSR count). The van der Waals surface area contributed by atoms with Crippen LogP contribution in [0.5, 0.6) is 0 Å². The van der Waals surface area contributed by atoms with Crippen LogP contribution < -0.4 is 5.32 Å². The van der Waals surface area contributed by atoms with Crippen LogP contribution in [0.3, 0.4) is 0 Å². The lowest BCUT2D eigenvalue weighted by atomic mass is 9.99. The Morgan fingerprint density at radius 3 is 2.47 bits per heavy atom. The van der Waals surface area contributed by atoms with Gasteiger partial charge >= 0.3 is 6.09 Å². The Labute approximate surface area is 115 Å². The second-order valence-corrected chi connectivity index (χ2v) is 6.53. The van der Waals surface area contributed by atoms with E-state index >= 15 is 0 Å². The van der Waals surface area contributed by atoms with E-state index in [9.17, 15) is 4.79 Å². The van der Waals surface area contributed by atoms with Crippen molar-refractivity contribution in [3.63, 3.8) is 0 Å². The molecular formula is C14H26N2O3. The number of ether oxygens (including phenoxy) is 2. The molecule has 19 heavy (non-hydrogen) atoms. The van der Waals surface area contributed by atoms with Gasteiger partial charge in [0.2, 0.25) is 0 Å². The predicted molar refractivity (Wildman–Crippen MR) is 73.1 cm³/mol. The molecule has 0 atom stereocenters. The summed E-state index contributed by atoms with van der Waals surface area (Å²) in [5.74, 6) is 0.678. The molecule has 0 bridgehead atoms. The van der Waals surface area contributed by atoms with E-state index in [0.29, 0.717) is 19.0 Å². The molecule has 0 spiro atoms. The van der Waals surface area contributed by atoms with Gasteiger partial charge in [-0.15, -0.1) is 0 Å². The van der Waals surface area contributed by atoms with Gasteiger partial charge < -0.3 is 19.7 Å². The highest BCUT2D eigenvalue weighted by atomic mass is 16.6. The first-order valence-corrected chi connectivity index (χ1v) is 7.24. The molecule has 1 amide bonds. The van der Waals surface area contributed by atoms with E-state index in [1.165, 1.54) is 12.8 Å². The number of rotatable bonds is 3. The van der Waals surface area contributed by atoms with E-state index in [2.05, 4.69) is 5.32 Å². The fourth-order valence-electron chi connectivity index (χ4n) is 2.34. The molecule has 0 unspecified atom stereocenters. The lowest BCUT2D eigenvalue weighted by Crippen LogP contribution is -2.56. The lowest BCUT2D eigenvalue weighted by molar-refractivity contribution is -0.0732. The molecule has 5 nitrogen and oxygen atoms in total. The Morgan fingerprint density at radius 2 is 1.89 bits per heavy atom. The summed E-state index contributed by atoms with van der Waals surface area (Å²) in [4.78, 5) is 13.4. The highest BCUT2D eigenvalue weighted by Crippen LogP contribution is 2.19. The normalized spacial score (nSPS) is 22.2. The summed E-state index contributed by atoms with van der Waals surface area (Å²) in [7, 11) is 0. The molecule has 0 aliphatic carbocycles. The minimum absolute atomic E-state index is 0.197. The second-order valence-electron chi connectivity index (χ2n) is 6.53. The Hall–Kier alpha value is -0.810. The van der Waals surface area contributed by atoms with Crippen molar-refractivity contribution in [1.82, 2.24) is 10.2 Å². The summed E-state index contributed by atoms with van der Waals surface area (Å²) in [5, 5.41) is 3.35.